The smallest absolute Gasteiger partial charge is 0.174 e. The average Bonchev–Trinajstić information content (AvgIpc) is 3.09. The lowest BCUT2D eigenvalue weighted by molar-refractivity contribution is -0.111. The Labute approximate surface area is 141 Å². The highest BCUT2D eigenvalue weighted by Gasteiger charge is 2.33. The standard InChI is InChI=1S/C17H21ClN2O3/c18-14-4-5-16(21-8-6-19)13(11-14)12-20-7-2-1-3-15(20)17-22-9-10-23-17/h4-5,11,15,17H,1-3,7-10,12H2. The van der Waals surface area contributed by atoms with Crippen molar-refractivity contribution in [3.63, 3.8) is 0 Å². The zero-order valence-corrected chi connectivity index (χ0v) is 13.8. The number of hydrogen-bond acceptors (Lipinski definition) is 5. The van der Waals surface area contributed by atoms with Crippen molar-refractivity contribution in [3.05, 3.63) is 28.8 Å². The Morgan fingerprint density at radius 3 is 2.91 bits per heavy atom. The number of piperidine rings is 1. The highest BCUT2D eigenvalue weighted by atomic mass is 35.5. The predicted octanol–water partition coefficient (Wildman–Crippen LogP) is 2.97. The Bertz CT molecular complexity index is 569. The molecule has 0 bridgehead atoms. The minimum absolute atomic E-state index is 0.0346. The van der Waals surface area contributed by atoms with Crippen LogP contribution in [0.2, 0.25) is 5.02 Å². The van der Waals surface area contributed by atoms with E-state index >= 15 is 0 Å². The third-order valence-corrected chi connectivity index (χ3v) is 4.55. The summed E-state index contributed by atoms with van der Waals surface area (Å²) in [7, 11) is 0. The fraction of sp³-hybridized carbons (Fsp3) is 0.588. The first-order valence-corrected chi connectivity index (χ1v) is 8.41. The summed E-state index contributed by atoms with van der Waals surface area (Å²) < 4.78 is 17.0. The van der Waals surface area contributed by atoms with Crippen molar-refractivity contribution in [1.29, 1.82) is 5.26 Å². The van der Waals surface area contributed by atoms with Crippen LogP contribution in [0, 0.1) is 11.3 Å². The van der Waals surface area contributed by atoms with Gasteiger partial charge in [-0.1, -0.05) is 18.0 Å². The van der Waals surface area contributed by atoms with E-state index in [0.717, 1.165) is 31.5 Å². The van der Waals surface area contributed by atoms with Gasteiger partial charge in [-0.2, -0.15) is 5.26 Å². The summed E-state index contributed by atoms with van der Waals surface area (Å²) >= 11 is 6.14. The first-order chi connectivity index (χ1) is 11.3. The molecule has 0 radical (unpaired) electrons. The van der Waals surface area contributed by atoms with Crippen LogP contribution >= 0.6 is 11.6 Å². The summed E-state index contributed by atoms with van der Waals surface area (Å²) in [5, 5.41) is 9.41. The van der Waals surface area contributed by atoms with E-state index in [1.54, 1.807) is 6.07 Å². The third-order valence-electron chi connectivity index (χ3n) is 4.31. The number of benzene rings is 1. The molecule has 0 spiro atoms. The fourth-order valence-electron chi connectivity index (χ4n) is 3.26. The minimum atomic E-state index is -0.141. The van der Waals surface area contributed by atoms with E-state index < -0.39 is 0 Å². The van der Waals surface area contributed by atoms with Crippen molar-refractivity contribution in [2.75, 3.05) is 26.4 Å². The largest absolute Gasteiger partial charge is 0.478 e. The molecule has 1 unspecified atom stereocenters. The number of likely N-dealkylation sites (tertiary alicyclic amines) is 1. The van der Waals surface area contributed by atoms with E-state index in [4.69, 9.17) is 31.1 Å². The Balaban J connectivity index is 1.75. The number of halogens is 1. The molecule has 23 heavy (non-hydrogen) atoms. The molecule has 1 aromatic rings. The predicted molar refractivity (Wildman–Crippen MR) is 86.3 cm³/mol. The molecule has 2 heterocycles. The molecular weight excluding hydrogens is 316 g/mol. The molecule has 2 fully saturated rings. The van der Waals surface area contributed by atoms with Crippen molar-refractivity contribution in [2.45, 2.75) is 38.1 Å². The highest BCUT2D eigenvalue weighted by Crippen LogP contribution is 2.30. The average molecular weight is 337 g/mol. The molecule has 0 N–H and O–H groups in total. The van der Waals surface area contributed by atoms with Crippen LogP contribution in [-0.2, 0) is 16.0 Å². The maximum atomic E-state index is 8.74. The Kier molecular flexibility index (Phi) is 5.74. The van der Waals surface area contributed by atoms with E-state index in [1.165, 1.54) is 6.42 Å². The van der Waals surface area contributed by atoms with Gasteiger partial charge in [0.1, 0.15) is 11.8 Å². The van der Waals surface area contributed by atoms with Crippen LogP contribution in [0.1, 0.15) is 24.8 Å². The molecular formula is C17H21ClN2O3. The molecule has 2 aliphatic heterocycles. The Morgan fingerprint density at radius 2 is 2.13 bits per heavy atom. The number of nitrogens with zero attached hydrogens (tertiary/aromatic N) is 2. The van der Waals surface area contributed by atoms with Crippen LogP contribution in [0.25, 0.3) is 0 Å². The van der Waals surface area contributed by atoms with Crippen molar-refractivity contribution >= 4 is 11.6 Å². The topological polar surface area (TPSA) is 54.7 Å². The normalized spacial score (nSPS) is 22.9. The van der Waals surface area contributed by atoms with Gasteiger partial charge in [-0.05, 0) is 37.6 Å². The molecule has 1 atom stereocenters. The molecule has 3 rings (SSSR count). The van der Waals surface area contributed by atoms with Gasteiger partial charge in [-0.15, -0.1) is 0 Å². The second-order valence-electron chi connectivity index (χ2n) is 5.84. The zero-order valence-electron chi connectivity index (χ0n) is 13.0. The van der Waals surface area contributed by atoms with Crippen molar-refractivity contribution in [1.82, 2.24) is 4.90 Å². The lowest BCUT2D eigenvalue weighted by Crippen LogP contribution is -2.46. The van der Waals surface area contributed by atoms with Crippen molar-refractivity contribution < 1.29 is 14.2 Å². The van der Waals surface area contributed by atoms with Gasteiger partial charge in [-0.3, -0.25) is 4.90 Å². The SMILES string of the molecule is N#CCOc1ccc(Cl)cc1CN1CCCCC1C1OCCO1. The molecule has 0 aliphatic carbocycles. The summed E-state index contributed by atoms with van der Waals surface area (Å²) in [5.41, 5.74) is 0.998. The van der Waals surface area contributed by atoms with Crippen LogP contribution in [-0.4, -0.2) is 43.6 Å². The van der Waals surface area contributed by atoms with Gasteiger partial charge in [0, 0.05) is 17.1 Å². The van der Waals surface area contributed by atoms with E-state index in [-0.39, 0.29) is 18.9 Å². The molecule has 2 aliphatic rings. The lowest BCUT2D eigenvalue weighted by Gasteiger charge is -2.38. The molecule has 0 amide bonds. The van der Waals surface area contributed by atoms with Crippen LogP contribution in [0.15, 0.2) is 18.2 Å². The van der Waals surface area contributed by atoms with Crippen molar-refractivity contribution in [3.8, 4) is 11.8 Å². The molecule has 0 aromatic heterocycles. The quantitative estimate of drug-likeness (QED) is 0.827. The van der Waals surface area contributed by atoms with Gasteiger partial charge in [0.05, 0.1) is 19.3 Å². The fourth-order valence-corrected chi connectivity index (χ4v) is 3.46. The number of nitriles is 1. The molecule has 0 saturated carbocycles. The van der Waals surface area contributed by atoms with Gasteiger partial charge >= 0.3 is 0 Å². The summed E-state index contributed by atoms with van der Waals surface area (Å²) in [6, 6.07) is 7.79. The second-order valence-corrected chi connectivity index (χ2v) is 6.28. The second kappa shape index (κ2) is 7.98. The van der Waals surface area contributed by atoms with E-state index in [0.29, 0.717) is 24.0 Å². The number of ether oxygens (including phenoxy) is 3. The summed E-state index contributed by atoms with van der Waals surface area (Å²) in [4.78, 5) is 2.38. The Hall–Kier alpha value is -1.32. The van der Waals surface area contributed by atoms with Gasteiger partial charge in [0.15, 0.2) is 12.9 Å². The van der Waals surface area contributed by atoms with Gasteiger partial charge in [0.2, 0.25) is 0 Å². The van der Waals surface area contributed by atoms with Crippen LogP contribution in [0.3, 0.4) is 0 Å². The van der Waals surface area contributed by atoms with Crippen LogP contribution < -0.4 is 4.74 Å². The molecule has 6 heteroatoms. The maximum Gasteiger partial charge on any atom is 0.174 e. The Morgan fingerprint density at radius 1 is 1.30 bits per heavy atom. The molecule has 2 saturated heterocycles. The van der Waals surface area contributed by atoms with E-state index in [1.807, 2.05) is 18.2 Å². The summed E-state index contributed by atoms with van der Waals surface area (Å²) in [5.74, 6) is 0.716. The van der Waals surface area contributed by atoms with E-state index in [2.05, 4.69) is 4.90 Å². The lowest BCUT2D eigenvalue weighted by atomic mass is 10.0. The number of hydrogen-bond donors (Lipinski definition) is 0. The molecule has 1 aromatic carbocycles. The first-order valence-electron chi connectivity index (χ1n) is 8.03. The van der Waals surface area contributed by atoms with Crippen molar-refractivity contribution in [2.24, 2.45) is 0 Å². The zero-order chi connectivity index (χ0) is 16.1. The van der Waals surface area contributed by atoms with E-state index in [9.17, 15) is 0 Å². The highest BCUT2D eigenvalue weighted by molar-refractivity contribution is 6.30. The first kappa shape index (κ1) is 16.5. The molecule has 5 nitrogen and oxygen atoms in total. The van der Waals surface area contributed by atoms with Gasteiger partial charge in [-0.25, -0.2) is 0 Å². The van der Waals surface area contributed by atoms with Gasteiger partial charge < -0.3 is 14.2 Å². The van der Waals surface area contributed by atoms with Crippen LogP contribution in [0.5, 0.6) is 5.75 Å². The summed E-state index contributed by atoms with van der Waals surface area (Å²) in [6.07, 6.45) is 3.29. The van der Waals surface area contributed by atoms with Crippen LogP contribution in [0.4, 0.5) is 0 Å². The number of rotatable bonds is 5. The third kappa shape index (κ3) is 4.15. The molecule has 124 valence electrons. The maximum absolute atomic E-state index is 8.74. The minimum Gasteiger partial charge on any atom is -0.478 e. The monoisotopic (exact) mass is 336 g/mol. The summed E-state index contributed by atoms with van der Waals surface area (Å²) in [6.45, 7) is 3.09. The van der Waals surface area contributed by atoms with Gasteiger partial charge in [0.25, 0.3) is 0 Å².